The van der Waals surface area contributed by atoms with Crippen LogP contribution in [0.2, 0.25) is 0 Å². The molecular weight excluding hydrogens is 218 g/mol. The van der Waals surface area contributed by atoms with E-state index in [-0.39, 0.29) is 5.78 Å². The third-order valence-electron chi connectivity index (χ3n) is 2.49. The highest BCUT2D eigenvalue weighted by Crippen LogP contribution is 2.26. The van der Waals surface area contributed by atoms with Crippen molar-refractivity contribution in [2.24, 2.45) is 0 Å². The smallest absolute Gasteiger partial charge is 0.143 e. The van der Waals surface area contributed by atoms with E-state index in [0.29, 0.717) is 6.54 Å². The van der Waals surface area contributed by atoms with E-state index in [1.165, 1.54) is 15.6 Å². The lowest BCUT2D eigenvalue weighted by atomic mass is 10.1. The van der Waals surface area contributed by atoms with Gasteiger partial charge in [-0.2, -0.15) is 0 Å². The molecule has 0 N–H and O–H groups in total. The van der Waals surface area contributed by atoms with Crippen molar-refractivity contribution in [3.05, 3.63) is 35.2 Å². The van der Waals surface area contributed by atoms with Crippen LogP contribution < -0.4 is 0 Å². The molecule has 1 heterocycles. The molecule has 0 aliphatic carbocycles. The number of benzene rings is 1. The van der Waals surface area contributed by atoms with Crippen LogP contribution >= 0.6 is 11.3 Å². The summed E-state index contributed by atoms with van der Waals surface area (Å²) in [5, 5.41) is 3.49. The zero-order chi connectivity index (χ0) is 11.5. The number of Topliss-reactive ketones (excluding diaryl/α,β-unsaturated/α-hetero) is 1. The number of thiophene rings is 1. The number of ketones is 1. The van der Waals surface area contributed by atoms with Crippen molar-refractivity contribution in [3.63, 3.8) is 0 Å². The molecule has 2 rings (SSSR count). The van der Waals surface area contributed by atoms with E-state index in [1.807, 2.05) is 7.05 Å². The van der Waals surface area contributed by atoms with Crippen LogP contribution in [-0.2, 0) is 11.3 Å². The number of hydrogen-bond donors (Lipinski definition) is 0. The molecule has 0 fully saturated rings. The molecule has 0 atom stereocenters. The Hall–Kier alpha value is -1.19. The maximum atomic E-state index is 11.0. The second kappa shape index (κ2) is 4.76. The molecule has 2 aromatic rings. The van der Waals surface area contributed by atoms with Crippen LogP contribution in [0.4, 0.5) is 0 Å². The van der Waals surface area contributed by atoms with Gasteiger partial charge in [0.1, 0.15) is 5.78 Å². The molecule has 16 heavy (non-hydrogen) atoms. The maximum absolute atomic E-state index is 11.0. The second-order valence-electron chi connectivity index (χ2n) is 4.13. The normalized spacial score (nSPS) is 11.2. The van der Waals surface area contributed by atoms with Crippen molar-refractivity contribution in [1.29, 1.82) is 0 Å². The van der Waals surface area contributed by atoms with E-state index in [2.05, 4.69) is 34.5 Å². The molecular formula is C13H15NOS. The van der Waals surface area contributed by atoms with Crippen LogP contribution in [0.25, 0.3) is 10.1 Å². The van der Waals surface area contributed by atoms with E-state index in [1.54, 1.807) is 18.3 Å². The van der Waals surface area contributed by atoms with Crippen molar-refractivity contribution in [2.75, 3.05) is 13.6 Å². The van der Waals surface area contributed by atoms with Crippen molar-refractivity contribution in [2.45, 2.75) is 13.5 Å². The van der Waals surface area contributed by atoms with Gasteiger partial charge < -0.3 is 0 Å². The predicted molar refractivity (Wildman–Crippen MR) is 68.8 cm³/mol. The molecule has 0 saturated carbocycles. The quantitative estimate of drug-likeness (QED) is 0.809. The van der Waals surface area contributed by atoms with Crippen molar-refractivity contribution >= 4 is 27.2 Å². The second-order valence-corrected chi connectivity index (χ2v) is 5.04. The lowest BCUT2D eigenvalue weighted by molar-refractivity contribution is -0.117. The first-order chi connectivity index (χ1) is 7.66. The highest BCUT2D eigenvalue weighted by molar-refractivity contribution is 7.17. The molecule has 84 valence electrons. The molecule has 0 spiro atoms. The Labute approximate surface area is 99.5 Å². The van der Waals surface area contributed by atoms with E-state index >= 15 is 0 Å². The zero-order valence-electron chi connectivity index (χ0n) is 9.56. The number of carbonyl (C=O) groups is 1. The number of hydrogen-bond acceptors (Lipinski definition) is 3. The molecule has 0 amide bonds. The molecule has 0 radical (unpaired) electrons. The average Bonchev–Trinajstić information content (AvgIpc) is 2.61. The summed E-state index contributed by atoms with van der Waals surface area (Å²) in [5.41, 5.74) is 1.31. The third-order valence-corrected chi connectivity index (χ3v) is 3.51. The molecule has 2 nitrogen and oxygen atoms in total. The molecule has 1 aromatic carbocycles. The Kier molecular flexibility index (Phi) is 3.36. The van der Waals surface area contributed by atoms with Gasteiger partial charge in [-0.1, -0.05) is 18.2 Å². The Morgan fingerprint density at radius 3 is 2.88 bits per heavy atom. The third kappa shape index (κ3) is 2.49. The van der Waals surface area contributed by atoms with E-state index in [9.17, 15) is 4.79 Å². The molecule has 1 aromatic heterocycles. The lowest BCUT2D eigenvalue weighted by Gasteiger charge is -2.13. The first-order valence-corrected chi connectivity index (χ1v) is 6.18. The number of rotatable bonds is 4. The fourth-order valence-electron chi connectivity index (χ4n) is 1.88. The number of nitrogens with zero attached hydrogens (tertiary/aromatic N) is 1. The largest absolute Gasteiger partial charge is 0.299 e. The fraction of sp³-hybridized carbons (Fsp3) is 0.308. The van der Waals surface area contributed by atoms with Crippen molar-refractivity contribution in [1.82, 2.24) is 4.90 Å². The minimum absolute atomic E-state index is 0.210. The highest BCUT2D eigenvalue weighted by Gasteiger charge is 2.07. The molecule has 0 aliphatic rings. The van der Waals surface area contributed by atoms with Crippen LogP contribution in [0.3, 0.4) is 0 Å². The zero-order valence-corrected chi connectivity index (χ0v) is 10.4. The van der Waals surface area contributed by atoms with Gasteiger partial charge in [0, 0.05) is 11.2 Å². The summed E-state index contributed by atoms with van der Waals surface area (Å²) in [5.74, 6) is 0.210. The first-order valence-electron chi connectivity index (χ1n) is 5.30. The average molecular weight is 233 g/mol. The van der Waals surface area contributed by atoms with Crippen LogP contribution in [0.15, 0.2) is 29.6 Å². The van der Waals surface area contributed by atoms with Gasteiger partial charge in [-0.15, -0.1) is 11.3 Å². The van der Waals surface area contributed by atoms with Gasteiger partial charge in [-0.3, -0.25) is 9.69 Å². The standard InChI is InChI=1S/C13H15NOS/c1-10(15)7-14(2)8-11-9-16-13-6-4-3-5-12(11)13/h3-6,9H,7-8H2,1-2H3. The SMILES string of the molecule is CC(=O)CN(C)Cc1csc2ccccc12. The van der Waals surface area contributed by atoms with E-state index in [4.69, 9.17) is 0 Å². The fourth-order valence-corrected chi connectivity index (χ4v) is 2.84. The van der Waals surface area contributed by atoms with Gasteiger partial charge >= 0.3 is 0 Å². The number of carbonyl (C=O) groups excluding carboxylic acids is 1. The van der Waals surface area contributed by atoms with Crippen molar-refractivity contribution in [3.8, 4) is 0 Å². The van der Waals surface area contributed by atoms with E-state index in [0.717, 1.165) is 6.54 Å². The monoisotopic (exact) mass is 233 g/mol. The van der Waals surface area contributed by atoms with Gasteiger partial charge in [-0.25, -0.2) is 0 Å². The molecule has 0 saturated heterocycles. The summed E-state index contributed by atoms with van der Waals surface area (Å²) in [4.78, 5) is 13.1. The summed E-state index contributed by atoms with van der Waals surface area (Å²) in [6.45, 7) is 2.98. The number of likely N-dealkylation sites (N-methyl/N-ethyl adjacent to an activating group) is 1. The Balaban J connectivity index is 2.18. The summed E-state index contributed by atoms with van der Waals surface area (Å²) >= 11 is 1.76. The maximum Gasteiger partial charge on any atom is 0.143 e. The molecule has 0 unspecified atom stereocenters. The van der Waals surface area contributed by atoms with Crippen molar-refractivity contribution < 1.29 is 4.79 Å². The molecule has 0 aliphatic heterocycles. The van der Waals surface area contributed by atoms with Gasteiger partial charge in [0.05, 0.1) is 6.54 Å². The topological polar surface area (TPSA) is 20.3 Å². The summed E-state index contributed by atoms with van der Waals surface area (Å²) in [7, 11) is 1.98. The Morgan fingerprint density at radius 1 is 1.38 bits per heavy atom. The van der Waals surface area contributed by atoms with Gasteiger partial charge in [-0.05, 0) is 36.4 Å². The van der Waals surface area contributed by atoms with Gasteiger partial charge in [0.25, 0.3) is 0 Å². The Bertz CT molecular complexity index is 503. The summed E-state index contributed by atoms with van der Waals surface area (Å²) in [6, 6.07) is 8.39. The van der Waals surface area contributed by atoms with Crippen LogP contribution in [0.5, 0.6) is 0 Å². The minimum atomic E-state index is 0.210. The minimum Gasteiger partial charge on any atom is -0.299 e. The lowest BCUT2D eigenvalue weighted by Crippen LogP contribution is -2.23. The summed E-state index contributed by atoms with van der Waals surface area (Å²) < 4.78 is 1.31. The van der Waals surface area contributed by atoms with Gasteiger partial charge in [0.15, 0.2) is 0 Å². The molecule has 3 heteroatoms. The van der Waals surface area contributed by atoms with E-state index < -0.39 is 0 Å². The summed E-state index contributed by atoms with van der Waals surface area (Å²) in [6.07, 6.45) is 0. The number of fused-ring (bicyclic) bond motifs is 1. The van der Waals surface area contributed by atoms with Gasteiger partial charge in [0.2, 0.25) is 0 Å². The Morgan fingerprint density at radius 2 is 2.12 bits per heavy atom. The van der Waals surface area contributed by atoms with Crippen LogP contribution in [0.1, 0.15) is 12.5 Å². The highest BCUT2D eigenvalue weighted by atomic mass is 32.1. The predicted octanol–water partition coefficient (Wildman–Crippen LogP) is 2.92. The van der Waals surface area contributed by atoms with Crippen LogP contribution in [0, 0.1) is 0 Å². The first kappa shape index (κ1) is 11.3. The van der Waals surface area contributed by atoms with Crippen LogP contribution in [-0.4, -0.2) is 24.3 Å². The molecule has 0 bridgehead atoms.